The molecule has 0 unspecified atom stereocenters. The number of hydrogen-bond donors (Lipinski definition) is 3. The molecule has 1 fully saturated rings. The molecule has 3 N–H and O–H groups in total. The van der Waals surface area contributed by atoms with E-state index in [4.69, 9.17) is 9.47 Å². The van der Waals surface area contributed by atoms with Crippen molar-refractivity contribution in [3.05, 3.63) is 12.7 Å². The van der Waals surface area contributed by atoms with E-state index in [1.54, 1.807) is 6.92 Å². The van der Waals surface area contributed by atoms with E-state index < -0.39 is 30.6 Å². The highest BCUT2D eigenvalue weighted by Crippen LogP contribution is 2.21. The van der Waals surface area contributed by atoms with E-state index in [1.807, 2.05) is 0 Å². The molecule has 0 radical (unpaired) electrons. The van der Waals surface area contributed by atoms with E-state index in [-0.39, 0.29) is 12.5 Å². The zero-order chi connectivity index (χ0) is 13.0. The van der Waals surface area contributed by atoms with Gasteiger partial charge in [0.2, 0.25) is 5.91 Å². The minimum atomic E-state index is -1.13. The maximum absolute atomic E-state index is 11.0. The normalized spacial score (nSPS) is 37.5. The van der Waals surface area contributed by atoms with Gasteiger partial charge in [0, 0.05) is 6.92 Å². The molecule has 1 saturated heterocycles. The van der Waals surface area contributed by atoms with E-state index in [0.717, 1.165) is 0 Å². The molecule has 0 aromatic heterocycles. The summed E-state index contributed by atoms with van der Waals surface area (Å²) in [5.74, 6) is -0.327. The molecule has 0 spiro atoms. The number of aliphatic hydroxyl groups is 2. The van der Waals surface area contributed by atoms with Crippen molar-refractivity contribution >= 4 is 5.91 Å². The molecule has 0 aromatic rings. The molecule has 1 aliphatic heterocycles. The zero-order valence-corrected chi connectivity index (χ0v) is 10.00. The molecule has 0 bridgehead atoms. The summed E-state index contributed by atoms with van der Waals surface area (Å²) in [5.41, 5.74) is 0. The maximum atomic E-state index is 11.0. The van der Waals surface area contributed by atoms with Gasteiger partial charge in [-0.2, -0.15) is 0 Å². The largest absolute Gasteiger partial charge is 0.388 e. The Morgan fingerprint density at radius 1 is 1.53 bits per heavy atom. The molecule has 17 heavy (non-hydrogen) atoms. The molecule has 6 nitrogen and oxygen atoms in total. The number of carbonyl (C=O) groups is 1. The van der Waals surface area contributed by atoms with Crippen molar-refractivity contribution in [2.45, 2.75) is 44.5 Å². The van der Waals surface area contributed by atoms with Crippen LogP contribution in [0.15, 0.2) is 12.7 Å². The average molecular weight is 245 g/mol. The lowest BCUT2D eigenvalue weighted by atomic mass is 9.97. The van der Waals surface area contributed by atoms with Gasteiger partial charge in [-0.15, -0.1) is 6.58 Å². The summed E-state index contributed by atoms with van der Waals surface area (Å²) in [6.07, 6.45) is -2.01. The number of aliphatic hydroxyl groups excluding tert-OH is 2. The van der Waals surface area contributed by atoms with Crippen molar-refractivity contribution in [1.29, 1.82) is 0 Å². The topological polar surface area (TPSA) is 88.0 Å². The van der Waals surface area contributed by atoms with Crippen LogP contribution < -0.4 is 5.32 Å². The Hall–Kier alpha value is -0.950. The van der Waals surface area contributed by atoms with Gasteiger partial charge in [-0.05, 0) is 6.92 Å². The molecule has 6 heteroatoms. The van der Waals surface area contributed by atoms with Crippen LogP contribution in [-0.4, -0.2) is 53.4 Å². The lowest BCUT2D eigenvalue weighted by Gasteiger charge is -2.41. The predicted molar refractivity (Wildman–Crippen MR) is 60.1 cm³/mol. The first-order valence-electron chi connectivity index (χ1n) is 5.48. The lowest BCUT2D eigenvalue weighted by molar-refractivity contribution is -0.257. The summed E-state index contributed by atoms with van der Waals surface area (Å²) in [6.45, 7) is 6.68. The Balaban J connectivity index is 2.74. The summed E-state index contributed by atoms with van der Waals surface area (Å²) in [6, 6.07) is -0.793. The van der Waals surface area contributed by atoms with Crippen molar-refractivity contribution in [2.75, 3.05) is 6.61 Å². The molecule has 1 rings (SSSR count). The fourth-order valence-corrected chi connectivity index (χ4v) is 1.72. The highest BCUT2D eigenvalue weighted by atomic mass is 16.7. The smallest absolute Gasteiger partial charge is 0.217 e. The van der Waals surface area contributed by atoms with Crippen LogP contribution in [0.5, 0.6) is 0 Å². The second-order valence-corrected chi connectivity index (χ2v) is 4.04. The number of nitrogens with one attached hydrogen (secondary N) is 1. The van der Waals surface area contributed by atoms with Crippen molar-refractivity contribution in [3.8, 4) is 0 Å². The Morgan fingerprint density at radius 2 is 2.18 bits per heavy atom. The summed E-state index contributed by atoms with van der Waals surface area (Å²) in [5, 5.41) is 22.1. The van der Waals surface area contributed by atoms with Gasteiger partial charge in [0.05, 0.1) is 12.7 Å². The highest BCUT2D eigenvalue weighted by molar-refractivity contribution is 5.73. The number of carbonyl (C=O) groups excluding carboxylic acids is 1. The fourth-order valence-electron chi connectivity index (χ4n) is 1.72. The Bertz CT molecular complexity index is 283. The van der Waals surface area contributed by atoms with Crippen LogP contribution in [0.25, 0.3) is 0 Å². The molecule has 98 valence electrons. The molecule has 1 heterocycles. The van der Waals surface area contributed by atoms with E-state index in [9.17, 15) is 15.0 Å². The third kappa shape index (κ3) is 3.50. The zero-order valence-electron chi connectivity index (χ0n) is 10.00. The van der Waals surface area contributed by atoms with Crippen molar-refractivity contribution < 1.29 is 24.5 Å². The van der Waals surface area contributed by atoms with E-state index in [2.05, 4.69) is 11.9 Å². The predicted octanol–water partition coefficient (Wildman–Crippen LogP) is -0.840. The Kier molecular flexibility index (Phi) is 5.07. The molecule has 0 aliphatic carbocycles. The van der Waals surface area contributed by atoms with Crippen molar-refractivity contribution in [1.82, 2.24) is 5.32 Å². The lowest BCUT2D eigenvalue weighted by Crippen LogP contribution is -2.63. The van der Waals surface area contributed by atoms with Gasteiger partial charge in [-0.1, -0.05) is 6.08 Å². The third-order valence-electron chi connectivity index (χ3n) is 2.59. The van der Waals surface area contributed by atoms with Crippen LogP contribution in [0, 0.1) is 0 Å². The number of ether oxygens (including phenoxy) is 2. The minimum absolute atomic E-state index is 0.232. The molecule has 0 saturated carbocycles. The van der Waals surface area contributed by atoms with Crippen LogP contribution in [-0.2, 0) is 14.3 Å². The van der Waals surface area contributed by atoms with E-state index >= 15 is 0 Å². The average Bonchev–Trinajstić information content (AvgIpc) is 2.27. The number of rotatable bonds is 4. The summed E-state index contributed by atoms with van der Waals surface area (Å²) in [4.78, 5) is 11.0. The SMILES string of the molecule is C=CCO[C@H]1O[C@H](C)[C@H](O)[C@H](O)[C@H]1NC(C)=O. The molecule has 1 aliphatic rings. The molecule has 0 aromatic carbocycles. The standard InChI is InChI=1S/C11H19NO5/c1-4-5-16-11-8(12-7(3)13)10(15)9(14)6(2)17-11/h4,6,8-11,14-15H,1,5H2,2-3H3,(H,12,13)/t6-,8-,9+,10-,11+/m1/s1. The van der Waals surface area contributed by atoms with Gasteiger partial charge in [0.15, 0.2) is 6.29 Å². The molecule has 5 atom stereocenters. The molecule has 1 amide bonds. The molecular formula is C11H19NO5. The van der Waals surface area contributed by atoms with E-state index in [1.165, 1.54) is 13.0 Å². The number of amides is 1. The van der Waals surface area contributed by atoms with Gasteiger partial charge in [-0.25, -0.2) is 0 Å². The van der Waals surface area contributed by atoms with E-state index in [0.29, 0.717) is 0 Å². The van der Waals surface area contributed by atoms with Gasteiger partial charge in [-0.3, -0.25) is 4.79 Å². The Morgan fingerprint density at radius 3 is 2.71 bits per heavy atom. The van der Waals surface area contributed by atoms with Gasteiger partial charge >= 0.3 is 0 Å². The van der Waals surface area contributed by atoms with Crippen LogP contribution in [0.1, 0.15) is 13.8 Å². The first kappa shape index (κ1) is 14.1. The van der Waals surface area contributed by atoms with Crippen molar-refractivity contribution in [3.63, 3.8) is 0 Å². The fraction of sp³-hybridized carbons (Fsp3) is 0.727. The number of hydrogen-bond acceptors (Lipinski definition) is 5. The van der Waals surface area contributed by atoms with Gasteiger partial charge in [0.1, 0.15) is 18.2 Å². The van der Waals surface area contributed by atoms with Crippen LogP contribution in [0.3, 0.4) is 0 Å². The summed E-state index contributed by atoms with van der Waals surface area (Å²) < 4.78 is 10.7. The summed E-state index contributed by atoms with van der Waals surface area (Å²) in [7, 11) is 0. The first-order chi connectivity index (χ1) is 7.97. The third-order valence-corrected chi connectivity index (χ3v) is 2.59. The highest BCUT2D eigenvalue weighted by Gasteiger charge is 2.43. The maximum Gasteiger partial charge on any atom is 0.217 e. The minimum Gasteiger partial charge on any atom is -0.388 e. The van der Waals surface area contributed by atoms with Gasteiger partial charge in [0.25, 0.3) is 0 Å². The van der Waals surface area contributed by atoms with Crippen molar-refractivity contribution in [2.24, 2.45) is 0 Å². The van der Waals surface area contributed by atoms with Crippen LogP contribution in [0.4, 0.5) is 0 Å². The second-order valence-electron chi connectivity index (χ2n) is 4.04. The van der Waals surface area contributed by atoms with Crippen LogP contribution >= 0.6 is 0 Å². The van der Waals surface area contributed by atoms with Crippen LogP contribution in [0.2, 0.25) is 0 Å². The molecular weight excluding hydrogens is 226 g/mol. The monoisotopic (exact) mass is 245 g/mol. The Labute approximate surface area is 100 Å². The quantitative estimate of drug-likeness (QED) is 0.562. The first-order valence-corrected chi connectivity index (χ1v) is 5.48. The second kappa shape index (κ2) is 6.11. The summed E-state index contributed by atoms with van der Waals surface area (Å²) >= 11 is 0. The van der Waals surface area contributed by atoms with Gasteiger partial charge < -0.3 is 25.0 Å².